The molecule has 1 fully saturated rings. The second-order valence-corrected chi connectivity index (χ2v) is 8.70. The fraction of sp³-hybridized carbons (Fsp3) is 0.381. The highest BCUT2D eigenvalue weighted by Crippen LogP contribution is 2.29. The van der Waals surface area contributed by atoms with Crippen LogP contribution < -0.4 is 14.8 Å². The van der Waals surface area contributed by atoms with E-state index in [0.717, 1.165) is 32.1 Å². The fourth-order valence-electron chi connectivity index (χ4n) is 3.40. The van der Waals surface area contributed by atoms with Gasteiger partial charge in [0.2, 0.25) is 10.0 Å². The third kappa shape index (κ3) is 5.33. The van der Waals surface area contributed by atoms with Gasteiger partial charge >= 0.3 is 0 Å². The molecule has 0 bridgehead atoms. The smallest absolute Gasteiger partial charge is 0.258 e. The van der Waals surface area contributed by atoms with E-state index >= 15 is 0 Å². The van der Waals surface area contributed by atoms with Crippen LogP contribution in [-0.4, -0.2) is 27.0 Å². The number of rotatable bonds is 7. The first-order valence-electron chi connectivity index (χ1n) is 9.76. The predicted octanol–water partition coefficient (Wildman–Crippen LogP) is 4.09. The van der Waals surface area contributed by atoms with Gasteiger partial charge in [0.05, 0.1) is 22.8 Å². The number of carbonyl (C=O) groups is 1. The molecule has 3 rings (SSSR count). The van der Waals surface area contributed by atoms with Crippen molar-refractivity contribution in [2.75, 3.05) is 11.9 Å². The number of hydrogen-bond acceptors (Lipinski definition) is 4. The zero-order valence-corrected chi connectivity index (χ0v) is 17.1. The first-order valence-corrected chi connectivity index (χ1v) is 11.2. The molecule has 2 N–H and O–H groups in total. The van der Waals surface area contributed by atoms with Gasteiger partial charge in [-0.15, -0.1) is 0 Å². The van der Waals surface area contributed by atoms with Crippen molar-refractivity contribution in [3.8, 4) is 5.75 Å². The van der Waals surface area contributed by atoms with Crippen molar-refractivity contribution in [3.63, 3.8) is 0 Å². The Labute approximate surface area is 170 Å². The third-order valence-corrected chi connectivity index (χ3v) is 6.37. The normalized spacial score (nSPS) is 15.1. The van der Waals surface area contributed by atoms with Gasteiger partial charge in [0.1, 0.15) is 11.6 Å². The molecule has 29 heavy (non-hydrogen) atoms. The number of hydrogen-bond donors (Lipinski definition) is 2. The minimum atomic E-state index is -3.75. The van der Waals surface area contributed by atoms with Gasteiger partial charge in [-0.1, -0.05) is 31.4 Å². The Morgan fingerprint density at radius 1 is 1.14 bits per heavy atom. The summed E-state index contributed by atoms with van der Waals surface area (Å²) in [5.41, 5.74) is 0.0372. The molecule has 0 aromatic heterocycles. The van der Waals surface area contributed by atoms with Gasteiger partial charge in [-0.25, -0.2) is 17.5 Å². The molecular formula is C21H25FN2O4S. The maximum atomic E-state index is 13.9. The fourth-order valence-corrected chi connectivity index (χ4v) is 4.73. The Kier molecular flexibility index (Phi) is 6.87. The van der Waals surface area contributed by atoms with Crippen LogP contribution in [0.2, 0.25) is 0 Å². The van der Waals surface area contributed by atoms with E-state index in [9.17, 15) is 17.6 Å². The lowest BCUT2D eigenvalue weighted by Gasteiger charge is -2.23. The first-order chi connectivity index (χ1) is 13.9. The van der Waals surface area contributed by atoms with E-state index in [1.54, 1.807) is 13.0 Å². The molecule has 1 aliphatic rings. The van der Waals surface area contributed by atoms with E-state index in [1.165, 1.54) is 36.4 Å². The minimum absolute atomic E-state index is 0.0235. The number of carbonyl (C=O) groups excluding carboxylic acids is 1. The zero-order chi connectivity index (χ0) is 20.9. The number of amides is 1. The van der Waals surface area contributed by atoms with Crippen molar-refractivity contribution in [1.29, 1.82) is 0 Å². The predicted molar refractivity (Wildman–Crippen MR) is 109 cm³/mol. The number of benzene rings is 2. The van der Waals surface area contributed by atoms with Crippen molar-refractivity contribution >= 4 is 21.6 Å². The molecule has 0 unspecified atom stereocenters. The average molecular weight is 421 g/mol. The largest absolute Gasteiger partial charge is 0.492 e. The van der Waals surface area contributed by atoms with Gasteiger partial charge < -0.3 is 10.1 Å². The number of sulfonamides is 1. The molecule has 156 valence electrons. The van der Waals surface area contributed by atoms with E-state index in [4.69, 9.17) is 4.74 Å². The number of nitrogens with one attached hydrogen (secondary N) is 2. The maximum Gasteiger partial charge on any atom is 0.258 e. The SMILES string of the molecule is CCOc1ccc(S(=O)(=O)NC2CCCCC2)cc1NC(=O)c1ccccc1F. The summed E-state index contributed by atoms with van der Waals surface area (Å²) < 4.78 is 47.8. The van der Waals surface area contributed by atoms with E-state index in [2.05, 4.69) is 10.0 Å². The van der Waals surface area contributed by atoms with Gasteiger partial charge in [0.15, 0.2) is 0 Å². The highest BCUT2D eigenvalue weighted by atomic mass is 32.2. The summed E-state index contributed by atoms with van der Waals surface area (Å²) in [6, 6.07) is 9.78. The maximum absolute atomic E-state index is 13.9. The lowest BCUT2D eigenvalue weighted by Crippen LogP contribution is -2.36. The minimum Gasteiger partial charge on any atom is -0.492 e. The van der Waals surface area contributed by atoms with Crippen LogP contribution >= 0.6 is 0 Å². The third-order valence-electron chi connectivity index (χ3n) is 4.85. The van der Waals surface area contributed by atoms with Crippen molar-refractivity contribution in [2.45, 2.75) is 50.0 Å². The highest BCUT2D eigenvalue weighted by Gasteiger charge is 2.23. The first kappa shape index (κ1) is 21.3. The van der Waals surface area contributed by atoms with Gasteiger partial charge in [-0.3, -0.25) is 4.79 Å². The van der Waals surface area contributed by atoms with Crippen LogP contribution in [0.15, 0.2) is 47.4 Å². The van der Waals surface area contributed by atoms with Crippen molar-refractivity contribution in [1.82, 2.24) is 4.72 Å². The zero-order valence-electron chi connectivity index (χ0n) is 16.3. The Balaban J connectivity index is 1.87. The molecule has 1 saturated carbocycles. The standard InChI is InChI=1S/C21H25FN2O4S/c1-2-28-20-13-12-16(29(26,27)24-15-8-4-3-5-9-15)14-19(20)23-21(25)17-10-6-7-11-18(17)22/h6-7,10-15,24H,2-5,8-9H2,1H3,(H,23,25). The Morgan fingerprint density at radius 2 is 1.86 bits per heavy atom. The molecular weight excluding hydrogens is 395 g/mol. The van der Waals surface area contributed by atoms with Crippen molar-refractivity contribution in [3.05, 3.63) is 53.8 Å². The second-order valence-electron chi connectivity index (χ2n) is 6.98. The van der Waals surface area contributed by atoms with Crippen LogP contribution in [0.3, 0.4) is 0 Å². The monoisotopic (exact) mass is 420 g/mol. The molecule has 2 aromatic rings. The second kappa shape index (κ2) is 9.37. The van der Waals surface area contributed by atoms with Crippen molar-refractivity contribution < 1.29 is 22.3 Å². The molecule has 0 heterocycles. The molecule has 0 radical (unpaired) electrons. The topological polar surface area (TPSA) is 84.5 Å². The van der Waals surface area contributed by atoms with Crippen LogP contribution in [0.4, 0.5) is 10.1 Å². The van der Waals surface area contributed by atoms with E-state index in [1.807, 2.05) is 0 Å². The molecule has 6 nitrogen and oxygen atoms in total. The molecule has 0 atom stereocenters. The number of anilines is 1. The van der Waals surface area contributed by atoms with Crippen LogP contribution in [-0.2, 0) is 10.0 Å². The van der Waals surface area contributed by atoms with E-state index in [0.29, 0.717) is 12.4 Å². The van der Waals surface area contributed by atoms with Crippen LogP contribution in [0.1, 0.15) is 49.4 Å². The lowest BCUT2D eigenvalue weighted by molar-refractivity contribution is 0.102. The van der Waals surface area contributed by atoms with Gasteiger partial charge in [0, 0.05) is 6.04 Å². The Morgan fingerprint density at radius 3 is 2.55 bits per heavy atom. The lowest BCUT2D eigenvalue weighted by atomic mass is 9.96. The van der Waals surface area contributed by atoms with Crippen LogP contribution in [0.5, 0.6) is 5.75 Å². The molecule has 1 amide bonds. The summed E-state index contributed by atoms with van der Waals surface area (Å²) in [6.07, 6.45) is 4.74. The molecule has 2 aromatic carbocycles. The van der Waals surface area contributed by atoms with Gasteiger partial charge in [-0.05, 0) is 50.1 Å². The van der Waals surface area contributed by atoms with Crippen LogP contribution in [0, 0.1) is 5.82 Å². The van der Waals surface area contributed by atoms with E-state index in [-0.39, 0.29) is 22.2 Å². The molecule has 0 saturated heterocycles. The summed E-state index contributed by atoms with van der Waals surface area (Å²) in [5.74, 6) is -1.03. The Hall–Kier alpha value is -2.45. The van der Waals surface area contributed by atoms with Crippen LogP contribution in [0.25, 0.3) is 0 Å². The molecule has 0 spiro atoms. The van der Waals surface area contributed by atoms with Crippen molar-refractivity contribution in [2.24, 2.45) is 0 Å². The summed E-state index contributed by atoms with van der Waals surface area (Å²) in [7, 11) is -3.75. The summed E-state index contributed by atoms with van der Waals surface area (Å²) >= 11 is 0. The van der Waals surface area contributed by atoms with Gasteiger partial charge in [0.25, 0.3) is 5.91 Å². The summed E-state index contributed by atoms with van der Waals surface area (Å²) in [4.78, 5) is 12.5. The highest BCUT2D eigenvalue weighted by molar-refractivity contribution is 7.89. The van der Waals surface area contributed by atoms with E-state index < -0.39 is 21.7 Å². The summed E-state index contributed by atoms with van der Waals surface area (Å²) in [6.45, 7) is 2.10. The average Bonchev–Trinajstić information content (AvgIpc) is 2.70. The molecule has 0 aliphatic heterocycles. The number of halogens is 1. The Bertz CT molecular complexity index is 972. The molecule has 1 aliphatic carbocycles. The summed E-state index contributed by atoms with van der Waals surface area (Å²) in [5, 5.41) is 2.57. The quantitative estimate of drug-likeness (QED) is 0.707. The van der Waals surface area contributed by atoms with Gasteiger partial charge in [-0.2, -0.15) is 0 Å². The number of ether oxygens (including phenoxy) is 1. The molecule has 8 heteroatoms.